The molecular formula is C13H18N2O4S. The van der Waals surface area contributed by atoms with Crippen molar-refractivity contribution in [2.24, 2.45) is 5.92 Å². The number of aromatic carboxylic acids is 1. The Hall–Kier alpha value is -1.44. The first kappa shape index (κ1) is 15.0. The molecule has 0 aliphatic carbocycles. The predicted octanol–water partition coefficient (Wildman–Crippen LogP) is 1.06. The van der Waals surface area contributed by atoms with E-state index in [9.17, 15) is 13.2 Å². The molecule has 1 aromatic carbocycles. The second kappa shape index (κ2) is 5.90. The summed E-state index contributed by atoms with van der Waals surface area (Å²) in [4.78, 5) is 10.7. The smallest absolute Gasteiger partial charge is 0.335 e. The highest BCUT2D eigenvalue weighted by atomic mass is 32.2. The molecule has 1 heterocycles. The minimum Gasteiger partial charge on any atom is -0.478 e. The van der Waals surface area contributed by atoms with Crippen molar-refractivity contribution in [2.45, 2.75) is 19.9 Å². The van der Waals surface area contributed by atoms with Crippen LogP contribution in [0.15, 0.2) is 24.3 Å². The average Bonchev–Trinajstić information content (AvgIpc) is 2.84. The zero-order chi connectivity index (χ0) is 14.8. The Morgan fingerprint density at radius 1 is 1.40 bits per heavy atom. The van der Waals surface area contributed by atoms with Crippen LogP contribution >= 0.6 is 0 Å². The normalized spacial score (nSPS) is 20.1. The van der Waals surface area contributed by atoms with Gasteiger partial charge in [-0.1, -0.05) is 19.1 Å². The number of carboxylic acid groups (broad SMARTS) is 1. The highest BCUT2D eigenvalue weighted by Gasteiger charge is 2.28. The summed E-state index contributed by atoms with van der Waals surface area (Å²) in [6.45, 7) is 3.29. The first-order valence-electron chi connectivity index (χ1n) is 6.45. The third kappa shape index (κ3) is 3.56. The zero-order valence-electron chi connectivity index (χ0n) is 11.2. The van der Waals surface area contributed by atoms with Gasteiger partial charge in [0.2, 0.25) is 0 Å². The minimum atomic E-state index is -3.45. The Morgan fingerprint density at radius 2 is 2.05 bits per heavy atom. The lowest BCUT2D eigenvalue weighted by Gasteiger charge is -2.16. The van der Waals surface area contributed by atoms with Gasteiger partial charge in [0.25, 0.3) is 10.2 Å². The van der Waals surface area contributed by atoms with E-state index in [-0.39, 0.29) is 12.1 Å². The van der Waals surface area contributed by atoms with E-state index in [0.29, 0.717) is 19.0 Å². The highest BCUT2D eigenvalue weighted by Crippen LogP contribution is 2.17. The number of hydrogen-bond donors (Lipinski definition) is 2. The van der Waals surface area contributed by atoms with Crippen molar-refractivity contribution < 1.29 is 18.3 Å². The molecule has 6 nitrogen and oxygen atoms in total. The molecule has 0 aromatic heterocycles. The molecule has 0 spiro atoms. The minimum absolute atomic E-state index is 0.160. The van der Waals surface area contributed by atoms with Crippen molar-refractivity contribution in [2.75, 3.05) is 13.1 Å². The second-order valence-electron chi connectivity index (χ2n) is 5.08. The number of nitrogens with zero attached hydrogens (tertiary/aromatic N) is 1. The second-order valence-corrected chi connectivity index (χ2v) is 6.84. The summed E-state index contributed by atoms with van der Waals surface area (Å²) in [7, 11) is -3.45. The van der Waals surface area contributed by atoms with Gasteiger partial charge in [-0.25, -0.2) is 4.79 Å². The van der Waals surface area contributed by atoms with E-state index in [1.165, 1.54) is 16.4 Å². The third-order valence-electron chi connectivity index (χ3n) is 3.39. The van der Waals surface area contributed by atoms with E-state index in [2.05, 4.69) is 4.72 Å². The molecular weight excluding hydrogens is 280 g/mol. The molecule has 1 aliphatic heterocycles. The van der Waals surface area contributed by atoms with Crippen LogP contribution in [0.1, 0.15) is 29.3 Å². The third-order valence-corrected chi connectivity index (χ3v) is 4.91. The van der Waals surface area contributed by atoms with Gasteiger partial charge in [0.15, 0.2) is 0 Å². The van der Waals surface area contributed by atoms with E-state index in [4.69, 9.17) is 5.11 Å². The molecule has 0 unspecified atom stereocenters. The summed E-state index contributed by atoms with van der Waals surface area (Å²) in [6, 6.07) is 6.14. The summed E-state index contributed by atoms with van der Waals surface area (Å²) < 4.78 is 28.1. The molecule has 20 heavy (non-hydrogen) atoms. The lowest BCUT2D eigenvalue weighted by Crippen LogP contribution is -2.38. The lowest BCUT2D eigenvalue weighted by molar-refractivity contribution is 0.0697. The van der Waals surface area contributed by atoms with Crippen LogP contribution in [-0.4, -0.2) is 36.9 Å². The molecule has 1 fully saturated rings. The number of carbonyl (C=O) groups is 1. The molecule has 2 rings (SSSR count). The Bertz CT molecular complexity index is 583. The summed E-state index contributed by atoms with van der Waals surface area (Å²) in [5.74, 6) is -0.607. The van der Waals surface area contributed by atoms with Crippen molar-refractivity contribution >= 4 is 16.2 Å². The summed E-state index contributed by atoms with van der Waals surface area (Å²) >= 11 is 0. The number of hydrogen-bond acceptors (Lipinski definition) is 3. The largest absolute Gasteiger partial charge is 0.478 e. The Morgan fingerprint density at radius 3 is 2.55 bits per heavy atom. The Balaban J connectivity index is 1.96. The standard InChI is InChI=1S/C13H18N2O4S/c1-10-6-7-15(9-10)20(18,19)14-8-11-2-4-12(5-3-11)13(16)17/h2-5,10,14H,6-9H2,1H3,(H,16,17)/t10-/m1/s1. The highest BCUT2D eigenvalue weighted by molar-refractivity contribution is 7.87. The number of rotatable bonds is 5. The van der Waals surface area contributed by atoms with Gasteiger partial charge in [-0.15, -0.1) is 0 Å². The molecule has 1 atom stereocenters. The van der Waals surface area contributed by atoms with Gasteiger partial charge >= 0.3 is 5.97 Å². The fourth-order valence-corrected chi connectivity index (χ4v) is 3.47. The monoisotopic (exact) mass is 298 g/mol. The average molecular weight is 298 g/mol. The number of carboxylic acids is 1. The first-order chi connectivity index (χ1) is 9.38. The van der Waals surface area contributed by atoms with Crippen LogP contribution in [0.5, 0.6) is 0 Å². The van der Waals surface area contributed by atoms with Crippen molar-refractivity contribution in [3.8, 4) is 0 Å². The molecule has 0 bridgehead atoms. The zero-order valence-corrected chi connectivity index (χ0v) is 12.1. The number of nitrogens with one attached hydrogen (secondary N) is 1. The van der Waals surface area contributed by atoms with Crippen LogP contribution in [-0.2, 0) is 16.8 Å². The maximum Gasteiger partial charge on any atom is 0.335 e. The maximum atomic E-state index is 12.0. The first-order valence-corrected chi connectivity index (χ1v) is 7.89. The quantitative estimate of drug-likeness (QED) is 0.851. The SMILES string of the molecule is C[C@@H]1CCN(S(=O)(=O)NCc2ccc(C(=O)O)cc2)C1. The molecule has 2 N–H and O–H groups in total. The molecule has 1 aromatic rings. The van der Waals surface area contributed by atoms with Gasteiger partial charge in [0.1, 0.15) is 0 Å². The van der Waals surface area contributed by atoms with E-state index in [1.807, 2.05) is 6.92 Å². The van der Waals surface area contributed by atoms with Gasteiger partial charge in [-0.3, -0.25) is 0 Å². The molecule has 1 saturated heterocycles. The van der Waals surface area contributed by atoms with Crippen molar-refractivity contribution in [1.82, 2.24) is 9.03 Å². The van der Waals surface area contributed by atoms with Gasteiger partial charge < -0.3 is 5.11 Å². The topological polar surface area (TPSA) is 86.7 Å². The van der Waals surface area contributed by atoms with Gasteiger partial charge in [-0.2, -0.15) is 17.4 Å². The van der Waals surface area contributed by atoms with E-state index < -0.39 is 16.2 Å². The Kier molecular flexibility index (Phi) is 4.42. The molecule has 0 saturated carbocycles. The van der Waals surface area contributed by atoms with Gasteiger partial charge in [0, 0.05) is 19.6 Å². The fourth-order valence-electron chi connectivity index (χ4n) is 2.14. The van der Waals surface area contributed by atoms with E-state index in [1.54, 1.807) is 12.1 Å². The summed E-state index contributed by atoms with van der Waals surface area (Å²) in [5, 5.41) is 8.79. The molecule has 7 heteroatoms. The Labute approximate surface area is 118 Å². The van der Waals surface area contributed by atoms with Crippen LogP contribution in [0.4, 0.5) is 0 Å². The molecule has 110 valence electrons. The van der Waals surface area contributed by atoms with E-state index in [0.717, 1.165) is 12.0 Å². The van der Waals surface area contributed by atoms with Crippen molar-refractivity contribution in [3.05, 3.63) is 35.4 Å². The van der Waals surface area contributed by atoms with Crippen LogP contribution < -0.4 is 4.72 Å². The van der Waals surface area contributed by atoms with Gasteiger partial charge in [-0.05, 0) is 30.0 Å². The molecule has 0 amide bonds. The van der Waals surface area contributed by atoms with Crippen LogP contribution in [0.3, 0.4) is 0 Å². The van der Waals surface area contributed by atoms with Crippen molar-refractivity contribution in [1.29, 1.82) is 0 Å². The summed E-state index contributed by atoms with van der Waals surface area (Å²) in [6.07, 6.45) is 0.883. The lowest BCUT2D eigenvalue weighted by atomic mass is 10.1. The number of benzene rings is 1. The van der Waals surface area contributed by atoms with Gasteiger partial charge in [0.05, 0.1) is 5.56 Å². The van der Waals surface area contributed by atoms with Crippen LogP contribution in [0.25, 0.3) is 0 Å². The summed E-state index contributed by atoms with van der Waals surface area (Å²) in [5.41, 5.74) is 0.913. The maximum absolute atomic E-state index is 12.0. The van der Waals surface area contributed by atoms with Crippen LogP contribution in [0, 0.1) is 5.92 Å². The van der Waals surface area contributed by atoms with Crippen molar-refractivity contribution in [3.63, 3.8) is 0 Å². The fraction of sp³-hybridized carbons (Fsp3) is 0.462. The van der Waals surface area contributed by atoms with Crippen LogP contribution in [0.2, 0.25) is 0 Å². The molecule has 1 aliphatic rings. The van der Waals surface area contributed by atoms with E-state index >= 15 is 0 Å². The molecule has 0 radical (unpaired) electrons. The predicted molar refractivity (Wildman–Crippen MR) is 74.5 cm³/mol.